The summed E-state index contributed by atoms with van der Waals surface area (Å²) in [5.74, 6) is 0. The molecule has 0 saturated heterocycles. The highest BCUT2D eigenvalue weighted by atomic mass is 14.3. The Balaban J connectivity index is 2.39. The van der Waals surface area contributed by atoms with Crippen LogP contribution in [0.5, 0.6) is 0 Å². The number of rotatable bonds is 0. The van der Waals surface area contributed by atoms with Crippen LogP contribution in [0.3, 0.4) is 0 Å². The minimum absolute atomic E-state index is 1.25. The van der Waals surface area contributed by atoms with E-state index in [4.69, 9.17) is 0 Å². The van der Waals surface area contributed by atoms with Crippen molar-refractivity contribution in [1.29, 1.82) is 0 Å². The van der Waals surface area contributed by atoms with Crippen LogP contribution in [0.2, 0.25) is 0 Å². The molecule has 0 fully saturated rings. The van der Waals surface area contributed by atoms with E-state index < -0.39 is 0 Å². The maximum atomic E-state index is 3.98. The first-order valence-electron chi connectivity index (χ1n) is 3.27. The van der Waals surface area contributed by atoms with Crippen molar-refractivity contribution in [2.45, 2.75) is 25.7 Å². The maximum Gasteiger partial charge on any atom is -0.0239 e. The van der Waals surface area contributed by atoms with Gasteiger partial charge in [-0.1, -0.05) is 17.7 Å². The molecule has 2 aliphatic rings. The van der Waals surface area contributed by atoms with E-state index >= 15 is 0 Å². The van der Waals surface area contributed by atoms with E-state index in [0.717, 1.165) is 0 Å². The average molecular weight is 106 g/mol. The van der Waals surface area contributed by atoms with Gasteiger partial charge in [-0.3, -0.25) is 0 Å². The third-order valence-electron chi connectivity index (χ3n) is 2.26. The third kappa shape index (κ3) is 0.360. The summed E-state index contributed by atoms with van der Waals surface area (Å²) in [6, 6.07) is 0. The van der Waals surface area contributed by atoms with E-state index in [0.29, 0.717) is 0 Å². The highest BCUT2D eigenvalue weighted by Gasteiger charge is 2.24. The van der Waals surface area contributed by atoms with Gasteiger partial charge in [0.15, 0.2) is 0 Å². The Morgan fingerprint density at radius 1 is 1.00 bits per heavy atom. The lowest BCUT2D eigenvalue weighted by Crippen LogP contribution is -1.96. The van der Waals surface area contributed by atoms with E-state index in [2.05, 4.69) is 6.58 Å². The van der Waals surface area contributed by atoms with Crippen molar-refractivity contribution in [2.24, 2.45) is 0 Å². The van der Waals surface area contributed by atoms with Crippen LogP contribution in [-0.2, 0) is 0 Å². The van der Waals surface area contributed by atoms with E-state index in [-0.39, 0.29) is 0 Å². The van der Waals surface area contributed by atoms with E-state index in [1.807, 2.05) is 0 Å². The summed E-state index contributed by atoms with van der Waals surface area (Å²) in [5.41, 5.74) is 4.74. The monoisotopic (exact) mass is 106 g/mol. The van der Waals surface area contributed by atoms with Gasteiger partial charge in [-0.25, -0.2) is 0 Å². The molecule has 2 aliphatic carbocycles. The van der Waals surface area contributed by atoms with Gasteiger partial charge in [-0.15, -0.1) is 0 Å². The molecular weight excluding hydrogens is 96.1 g/mol. The maximum absolute atomic E-state index is 3.98. The van der Waals surface area contributed by atoms with Gasteiger partial charge in [-0.05, 0) is 31.3 Å². The highest BCUT2D eigenvalue weighted by molar-refractivity contribution is 5.45. The van der Waals surface area contributed by atoms with E-state index in [1.165, 1.54) is 31.3 Å². The molecular formula is C8H10. The molecule has 0 N–H and O–H groups in total. The molecule has 0 aliphatic heterocycles. The fourth-order valence-corrected chi connectivity index (χ4v) is 1.58. The zero-order valence-corrected chi connectivity index (χ0v) is 5.04. The molecule has 0 atom stereocenters. The summed E-state index contributed by atoms with van der Waals surface area (Å²) in [5, 5.41) is 0. The lowest BCUT2D eigenvalue weighted by atomic mass is 9.90. The van der Waals surface area contributed by atoms with Crippen LogP contribution >= 0.6 is 0 Å². The summed E-state index contributed by atoms with van der Waals surface area (Å²) in [6.45, 7) is 3.98. The van der Waals surface area contributed by atoms with Crippen molar-refractivity contribution in [3.63, 3.8) is 0 Å². The number of allylic oxidation sites excluding steroid dienone is 3. The molecule has 0 nitrogen and oxygen atoms in total. The lowest BCUT2D eigenvalue weighted by molar-refractivity contribution is 0.812. The Kier molecular flexibility index (Phi) is 0.682. The minimum Gasteiger partial charge on any atom is -0.0955 e. The Morgan fingerprint density at radius 2 is 1.75 bits per heavy atom. The molecule has 0 heterocycles. The molecule has 0 radical (unpaired) electrons. The van der Waals surface area contributed by atoms with Gasteiger partial charge in [0, 0.05) is 0 Å². The van der Waals surface area contributed by atoms with E-state index in [9.17, 15) is 0 Å². The first-order valence-corrected chi connectivity index (χ1v) is 3.27. The number of hydrogen-bond donors (Lipinski definition) is 0. The molecule has 0 aromatic rings. The molecule has 0 unspecified atom stereocenters. The lowest BCUT2D eigenvalue weighted by Gasteiger charge is -2.15. The fraction of sp³-hybridized carbons (Fsp3) is 0.500. The second-order valence-electron chi connectivity index (χ2n) is 2.69. The minimum atomic E-state index is 1.25. The molecule has 0 saturated carbocycles. The Labute approximate surface area is 49.9 Å². The second-order valence-corrected chi connectivity index (χ2v) is 2.69. The summed E-state index contributed by atoms with van der Waals surface area (Å²) in [6.07, 6.45) is 5.28. The summed E-state index contributed by atoms with van der Waals surface area (Å²) < 4.78 is 0. The third-order valence-corrected chi connectivity index (χ3v) is 2.26. The van der Waals surface area contributed by atoms with Gasteiger partial charge >= 0.3 is 0 Å². The van der Waals surface area contributed by atoms with Gasteiger partial charge in [0.05, 0.1) is 0 Å². The predicted octanol–water partition coefficient (Wildman–Crippen LogP) is 2.43. The van der Waals surface area contributed by atoms with Gasteiger partial charge in [0.1, 0.15) is 0 Å². The van der Waals surface area contributed by atoms with Crippen LogP contribution in [0.1, 0.15) is 25.7 Å². The standard InChI is InChI=1S/C8H10/c1-6-2-3-7-4-5-8(6)7/h1-5H2. The smallest absolute Gasteiger partial charge is 0.0239 e. The molecule has 0 amide bonds. The summed E-state index contributed by atoms with van der Waals surface area (Å²) in [4.78, 5) is 0. The molecule has 2 rings (SSSR count). The molecule has 0 spiro atoms. The average Bonchev–Trinajstić information content (AvgIpc) is 1.80. The Bertz CT molecular complexity index is 172. The fourth-order valence-electron chi connectivity index (χ4n) is 1.58. The van der Waals surface area contributed by atoms with Gasteiger partial charge in [0.2, 0.25) is 0 Å². The molecule has 0 bridgehead atoms. The molecule has 0 aromatic heterocycles. The van der Waals surface area contributed by atoms with Crippen LogP contribution in [0.4, 0.5) is 0 Å². The zero-order valence-electron chi connectivity index (χ0n) is 5.04. The quantitative estimate of drug-likeness (QED) is 0.445. The van der Waals surface area contributed by atoms with Crippen LogP contribution < -0.4 is 0 Å². The molecule has 8 heavy (non-hydrogen) atoms. The van der Waals surface area contributed by atoms with Crippen molar-refractivity contribution in [3.05, 3.63) is 23.3 Å². The van der Waals surface area contributed by atoms with Crippen LogP contribution in [0.25, 0.3) is 0 Å². The largest absolute Gasteiger partial charge is 0.0955 e. The first kappa shape index (κ1) is 4.37. The van der Waals surface area contributed by atoms with Gasteiger partial charge in [-0.2, -0.15) is 0 Å². The van der Waals surface area contributed by atoms with Crippen molar-refractivity contribution in [1.82, 2.24) is 0 Å². The molecule has 0 aromatic carbocycles. The van der Waals surface area contributed by atoms with Crippen LogP contribution in [0, 0.1) is 0 Å². The second kappa shape index (κ2) is 1.25. The number of hydrogen-bond acceptors (Lipinski definition) is 0. The Hall–Kier alpha value is -0.520. The SMILES string of the molecule is C=C1CCC2=C1CC2. The van der Waals surface area contributed by atoms with E-state index in [1.54, 1.807) is 11.1 Å². The molecule has 42 valence electrons. The van der Waals surface area contributed by atoms with Crippen LogP contribution in [0.15, 0.2) is 23.3 Å². The van der Waals surface area contributed by atoms with Crippen molar-refractivity contribution >= 4 is 0 Å². The highest BCUT2D eigenvalue weighted by Crippen LogP contribution is 2.43. The van der Waals surface area contributed by atoms with Crippen molar-refractivity contribution in [2.75, 3.05) is 0 Å². The normalized spacial score (nSPS) is 25.8. The van der Waals surface area contributed by atoms with Crippen molar-refractivity contribution < 1.29 is 0 Å². The van der Waals surface area contributed by atoms with Gasteiger partial charge in [0.25, 0.3) is 0 Å². The zero-order chi connectivity index (χ0) is 5.56. The summed E-state index contributed by atoms with van der Waals surface area (Å²) >= 11 is 0. The van der Waals surface area contributed by atoms with Crippen LogP contribution in [-0.4, -0.2) is 0 Å². The first-order chi connectivity index (χ1) is 3.88. The van der Waals surface area contributed by atoms with Gasteiger partial charge < -0.3 is 0 Å². The molecule has 0 heteroatoms. The Morgan fingerprint density at radius 3 is 2.00 bits per heavy atom. The predicted molar refractivity (Wildman–Crippen MR) is 34.6 cm³/mol. The summed E-state index contributed by atoms with van der Waals surface area (Å²) in [7, 11) is 0. The van der Waals surface area contributed by atoms with Crippen molar-refractivity contribution in [3.8, 4) is 0 Å². The topological polar surface area (TPSA) is 0 Å².